The van der Waals surface area contributed by atoms with E-state index in [1.165, 1.54) is 38.5 Å². The van der Waals surface area contributed by atoms with Gasteiger partial charge in [0.15, 0.2) is 0 Å². The summed E-state index contributed by atoms with van der Waals surface area (Å²) < 4.78 is 0. The number of rotatable bonds is 5. The molecule has 2 saturated carbocycles. The van der Waals surface area contributed by atoms with Crippen LogP contribution in [0.3, 0.4) is 0 Å². The van der Waals surface area contributed by atoms with Crippen molar-refractivity contribution in [3.05, 3.63) is 0 Å². The zero-order valence-electron chi connectivity index (χ0n) is 11.4. The number of nitrogens with one attached hydrogen (secondary N) is 1. The second kappa shape index (κ2) is 5.17. The molecule has 0 radical (unpaired) electrons. The van der Waals surface area contributed by atoms with Gasteiger partial charge in [-0.1, -0.05) is 12.8 Å². The Bertz CT molecular complexity index is 310. The summed E-state index contributed by atoms with van der Waals surface area (Å²) in [6.45, 7) is 2.48. The molecule has 0 spiro atoms. The maximum absolute atomic E-state index is 12.0. The van der Waals surface area contributed by atoms with E-state index in [9.17, 15) is 4.79 Å². The quantitative estimate of drug-likeness (QED) is 0.793. The van der Waals surface area contributed by atoms with Crippen molar-refractivity contribution in [1.29, 1.82) is 0 Å². The van der Waals surface area contributed by atoms with Crippen LogP contribution in [0.5, 0.6) is 0 Å². The predicted molar refractivity (Wildman–Crippen MR) is 71.1 cm³/mol. The fourth-order valence-corrected chi connectivity index (χ4v) is 3.48. The van der Waals surface area contributed by atoms with Crippen molar-refractivity contribution < 1.29 is 4.79 Å². The van der Waals surface area contributed by atoms with Gasteiger partial charge < -0.3 is 9.80 Å². The number of hydrogen-bond donors (Lipinski definition) is 1. The summed E-state index contributed by atoms with van der Waals surface area (Å²) in [4.78, 5) is 16.5. The maximum atomic E-state index is 12.0. The van der Waals surface area contributed by atoms with Crippen LogP contribution in [0.2, 0.25) is 0 Å². The summed E-state index contributed by atoms with van der Waals surface area (Å²) in [5, 5.41) is 3.42. The van der Waals surface area contributed by atoms with Gasteiger partial charge in [-0.3, -0.25) is 10.1 Å². The normalized spacial score (nSPS) is 29.8. The fourth-order valence-electron chi connectivity index (χ4n) is 3.48. The molecule has 3 aliphatic rings. The summed E-state index contributed by atoms with van der Waals surface area (Å²) in [6, 6.07) is 0.792. The van der Waals surface area contributed by atoms with Crippen molar-refractivity contribution in [2.75, 3.05) is 26.7 Å². The predicted octanol–water partition coefficient (Wildman–Crippen LogP) is 1.03. The van der Waals surface area contributed by atoms with Crippen LogP contribution < -0.4 is 5.32 Å². The van der Waals surface area contributed by atoms with Crippen molar-refractivity contribution in [2.45, 2.75) is 50.7 Å². The van der Waals surface area contributed by atoms with Gasteiger partial charge in [0.2, 0.25) is 5.91 Å². The molecule has 2 aliphatic carbocycles. The third kappa shape index (κ3) is 2.54. The SMILES string of the molecule is CN(CCN1C(=O)CNC1C1CCCC1)C1CC1. The Labute approximate surface area is 110 Å². The molecular weight excluding hydrogens is 226 g/mol. The highest BCUT2D eigenvalue weighted by molar-refractivity contribution is 5.80. The number of likely N-dealkylation sites (N-methyl/N-ethyl adjacent to an activating group) is 1. The molecule has 4 heteroatoms. The molecule has 18 heavy (non-hydrogen) atoms. The van der Waals surface area contributed by atoms with Crippen LogP contribution in [0.1, 0.15) is 38.5 Å². The monoisotopic (exact) mass is 251 g/mol. The second-order valence-corrected chi connectivity index (χ2v) is 6.17. The van der Waals surface area contributed by atoms with Gasteiger partial charge in [0, 0.05) is 19.1 Å². The molecule has 1 unspecified atom stereocenters. The molecule has 3 fully saturated rings. The van der Waals surface area contributed by atoms with Crippen LogP contribution in [0.25, 0.3) is 0 Å². The lowest BCUT2D eigenvalue weighted by Gasteiger charge is -2.30. The summed E-state index contributed by atoms with van der Waals surface area (Å²) in [5.41, 5.74) is 0. The van der Waals surface area contributed by atoms with Gasteiger partial charge >= 0.3 is 0 Å². The molecule has 0 aromatic rings. The van der Waals surface area contributed by atoms with Gasteiger partial charge in [0.1, 0.15) is 0 Å². The van der Waals surface area contributed by atoms with Gasteiger partial charge in [-0.25, -0.2) is 0 Å². The number of hydrogen-bond acceptors (Lipinski definition) is 3. The van der Waals surface area contributed by atoms with Crippen molar-refractivity contribution >= 4 is 5.91 Å². The Morgan fingerprint density at radius 3 is 2.67 bits per heavy atom. The highest BCUT2D eigenvalue weighted by atomic mass is 16.2. The lowest BCUT2D eigenvalue weighted by atomic mass is 10.0. The van der Waals surface area contributed by atoms with E-state index in [1.54, 1.807) is 0 Å². The Kier molecular flexibility index (Phi) is 3.57. The molecule has 1 heterocycles. The van der Waals surface area contributed by atoms with E-state index in [0.717, 1.165) is 19.1 Å². The van der Waals surface area contributed by atoms with E-state index in [4.69, 9.17) is 0 Å². The van der Waals surface area contributed by atoms with Crippen LogP contribution in [0.4, 0.5) is 0 Å². The Balaban J connectivity index is 1.54. The molecule has 1 amide bonds. The molecule has 0 aromatic heterocycles. The standard InChI is InChI=1S/C14H25N3O/c1-16(12-6-7-12)8-9-17-13(18)10-15-14(17)11-4-2-3-5-11/h11-12,14-15H,2-10H2,1H3. The summed E-state index contributed by atoms with van der Waals surface area (Å²) in [7, 11) is 2.19. The Morgan fingerprint density at radius 1 is 1.28 bits per heavy atom. The van der Waals surface area contributed by atoms with Crippen LogP contribution in [0.15, 0.2) is 0 Å². The molecule has 1 saturated heterocycles. The molecular formula is C14H25N3O. The van der Waals surface area contributed by atoms with E-state index in [-0.39, 0.29) is 0 Å². The minimum atomic E-state index is 0.302. The lowest BCUT2D eigenvalue weighted by Crippen LogP contribution is -2.45. The van der Waals surface area contributed by atoms with Crippen LogP contribution in [-0.2, 0) is 4.79 Å². The zero-order valence-corrected chi connectivity index (χ0v) is 11.4. The van der Waals surface area contributed by atoms with E-state index in [0.29, 0.717) is 24.5 Å². The van der Waals surface area contributed by atoms with Crippen LogP contribution in [-0.4, -0.2) is 54.6 Å². The molecule has 1 N–H and O–H groups in total. The molecule has 1 atom stereocenters. The highest BCUT2D eigenvalue weighted by Crippen LogP contribution is 2.31. The minimum Gasteiger partial charge on any atom is -0.324 e. The molecule has 4 nitrogen and oxygen atoms in total. The smallest absolute Gasteiger partial charge is 0.237 e. The van der Waals surface area contributed by atoms with Crippen molar-refractivity contribution in [1.82, 2.24) is 15.1 Å². The average Bonchev–Trinajstić information content (AvgIpc) is 2.96. The molecule has 0 bridgehead atoms. The number of amides is 1. The second-order valence-electron chi connectivity index (χ2n) is 6.17. The van der Waals surface area contributed by atoms with Crippen LogP contribution in [0, 0.1) is 5.92 Å². The number of carbonyl (C=O) groups is 1. The third-order valence-corrected chi connectivity index (χ3v) is 4.83. The van der Waals surface area contributed by atoms with Gasteiger partial charge in [-0.05, 0) is 38.6 Å². The highest BCUT2D eigenvalue weighted by Gasteiger charge is 2.37. The van der Waals surface area contributed by atoms with Gasteiger partial charge in [0.25, 0.3) is 0 Å². The zero-order chi connectivity index (χ0) is 12.5. The van der Waals surface area contributed by atoms with E-state index < -0.39 is 0 Å². The molecule has 1 aliphatic heterocycles. The van der Waals surface area contributed by atoms with Crippen molar-refractivity contribution in [2.24, 2.45) is 5.92 Å². The van der Waals surface area contributed by atoms with Gasteiger partial charge in [-0.2, -0.15) is 0 Å². The van der Waals surface area contributed by atoms with Gasteiger partial charge in [0.05, 0.1) is 12.7 Å². The number of nitrogens with zero attached hydrogens (tertiary/aromatic N) is 2. The van der Waals surface area contributed by atoms with E-state index in [1.807, 2.05) is 0 Å². The van der Waals surface area contributed by atoms with Gasteiger partial charge in [-0.15, -0.1) is 0 Å². The van der Waals surface area contributed by atoms with Crippen LogP contribution >= 0.6 is 0 Å². The number of carbonyl (C=O) groups excluding carboxylic acids is 1. The summed E-state index contributed by atoms with van der Waals surface area (Å²) >= 11 is 0. The minimum absolute atomic E-state index is 0.302. The van der Waals surface area contributed by atoms with E-state index >= 15 is 0 Å². The van der Waals surface area contributed by atoms with Crippen molar-refractivity contribution in [3.63, 3.8) is 0 Å². The van der Waals surface area contributed by atoms with Crippen molar-refractivity contribution in [3.8, 4) is 0 Å². The Morgan fingerprint density at radius 2 is 2.00 bits per heavy atom. The topological polar surface area (TPSA) is 35.6 Å². The fraction of sp³-hybridized carbons (Fsp3) is 0.929. The molecule has 102 valence electrons. The third-order valence-electron chi connectivity index (χ3n) is 4.83. The first-order chi connectivity index (χ1) is 8.75. The molecule has 0 aromatic carbocycles. The summed E-state index contributed by atoms with van der Waals surface area (Å²) in [5.74, 6) is 0.999. The Hall–Kier alpha value is -0.610. The maximum Gasteiger partial charge on any atom is 0.237 e. The summed E-state index contributed by atoms with van der Waals surface area (Å²) in [6.07, 6.45) is 8.27. The molecule has 3 rings (SSSR count). The van der Waals surface area contributed by atoms with E-state index in [2.05, 4.69) is 22.2 Å². The first-order valence-electron chi connectivity index (χ1n) is 7.49. The largest absolute Gasteiger partial charge is 0.324 e. The first-order valence-corrected chi connectivity index (χ1v) is 7.49. The average molecular weight is 251 g/mol. The first kappa shape index (κ1) is 12.4. The lowest BCUT2D eigenvalue weighted by molar-refractivity contribution is -0.128.